The summed E-state index contributed by atoms with van der Waals surface area (Å²) in [6.07, 6.45) is 24.5. The first-order valence-corrected chi connectivity index (χ1v) is 32.6. The molecule has 0 bridgehead atoms. The molecule has 454 valence electrons. The van der Waals surface area contributed by atoms with E-state index in [0.29, 0.717) is 0 Å². The molecule has 0 aliphatic rings. The van der Waals surface area contributed by atoms with E-state index >= 15 is 0 Å². The molecule has 11 aromatic rings. The van der Waals surface area contributed by atoms with Crippen molar-refractivity contribution >= 4 is 69.6 Å². The monoisotopic (exact) mass is 1190 g/mol. The molecule has 0 saturated carbocycles. The van der Waals surface area contributed by atoms with Gasteiger partial charge in [0.1, 0.15) is 0 Å². The third-order valence-electron chi connectivity index (χ3n) is 17.5. The first-order valence-electron chi connectivity index (χ1n) is 32.6. The van der Waals surface area contributed by atoms with Crippen LogP contribution in [-0.4, -0.2) is 0 Å². The van der Waals surface area contributed by atoms with E-state index in [4.69, 9.17) is 0 Å². The maximum atomic E-state index is 2.42. The van der Waals surface area contributed by atoms with Gasteiger partial charge in [-0.1, -0.05) is 304 Å². The standard InChI is InChI=1S/C90H84N2/c1-9-75(34-24-36-88(81-30-19-13-20-31-81)82-32-21-14-22-33-82)77-49-57-85(58-50-77)92(90-69(7)63-66(4)64-70(90)8)84-55-46-74(47-56-84)42-39-72-37-40-73(41-38-72)43-48-76(10-2)78-51-59-86(60-52-78)91(89-67(5)61-65(3)62-68(89)6)83-53-44-71(45-54-83)25-23-35-87(79-26-15-11-16-27-79)80-28-17-12-18-29-80/h11-64,75-76H,9-10H2,1-8H3/b25-23+,34-24-,42-39+,48-43+. The van der Waals surface area contributed by atoms with Crippen molar-refractivity contribution in [3.63, 3.8) is 0 Å². The van der Waals surface area contributed by atoms with Gasteiger partial charge in [0.15, 0.2) is 0 Å². The third-order valence-corrected chi connectivity index (χ3v) is 17.5. The van der Waals surface area contributed by atoms with Gasteiger partial charge in [0.25, 0.3) is 0 Å². The van der Waals surface area contributed by atoms with Crippen molar-refractivity contribution in [2.24, 2.45) is 0 Å². The number of nitrogens with zero attached hydrogens (tertiary/aromatic N) is 2. The van der Waals surface area contributed by atoms with E-state index < -0.39 is 0 Å². The Hall–Kier alpha value is -10.5. The summed E-state index contributed by atoms with van der Waals surface area (Å²) in [5.74, 6) is 0.546. The lowest BCUT2D eigenvalue weighted by atomic mass is 9.94. The van der Waals surface area contributed by atoms with Crippen molar-refractivity contribution in [2.45, 2.75) is 80.1 Å². The topological polar surface area (TPSA) is 6.48 Å². The van der Waals surface area contributed by atoms with Gasteiger partial charge in [0, 0.05) is 34.6 Å². The lowest BCUT2D eigenvalue weighted by Crippen LogP contribution is -2.13. The average molecular weight is 1190 g/mol. The predicted octanol–water partition coefficient (Wildman–Crippen LogP) is 25.2. The summed E-state index contributed by atoms with van der Waals surface area (Å²) in [5, 5.41) is 0. The van der Waals surface area contributed by atoms with Gasteiger partial charge in [-0.15, -0.1) is 0 Å². The van der Waals surface area contributed by atoms with E-state index in [2.05, 4.69) is 393 Å². The van der Waals surface area contributed by atoms with Crippen LogP contribution in [0.4, 0.5) is 34.1 Å². The fourth-order valence-electron chi connectivity index (χ4n) is 12.9. The molecule has 92 heavy (non-hydrogen) atoms. The van der Waals surface area contributed by atoms with Gasteiger partial charge in [-0.2, -0.15) is 0 Å². The smallest absolute Gasteiger partial charge is 0.0520 e. The summed E-state index contributed by atoms with van der Waals surface area (Å²) >= 11 is 0. The highest BCUT2D eigenvalue weighted by Gasteiger charge is 2.21. The molecule has 0 amide bonds. The number of hydrogen-bond acceptors (Lipinski definition) is 2. The van der Waals surface area contributed by atoms with E-state index in [1.807, 2.05) is 0 Å². The molecule has 2 nitrogen and oxygen atoms in total. The molecule has 2 atom stereocenters. The zero-order valence-corrected chi connectivity index (χ0v) is 54.6. The summed E-state index contributed by atoms with van der Waals surface area (Å²) in [6.45, 7) is 17.8. The van der Waals surface area contributed by atoms with E-state index in [0.717, 1.165) is 52.3 Å². The average Bonchev–Trinajstić information content (AvgIpc) is 0.937. The molecule has 0 spiro atoms. The maximum Gasteiger partial charge on any atom is 0.0520 e. The molecular formula is C90H84N2. The Morgan fingerprint density at radius 3 is 0.924 bits per heavy atom. The van der Waals surface area contributed by atoms with Crippen LogP contribution < -0.4 is 9.80 Å². The van der Waals surface area contributed by atoms with Crippen molar-refractivity contribution in [3.05, 3.63) is 392 Å². The molecule has 0 fully saturated rings. The van der Waals surface area contributed by atoms with Crippen molar-refractivity contribution < 1.29 is 0 Å². The second-order valence-corrected chi connectivity index (χ2v) is 24.3. The first kappa shape index (κ1) is 63.0. The van der Waals surface area contributed by atoms with Gasteiger partial charge in [-0.25, -0.2) is 0 Å². The van der Waals surface area contributed by atoms with E-state index in [1.54, 1.807) is 0 Å². The largest absolute Gasteiger partial charge is 0.310 e. The lowest BCUT2D eigenvalue weighted by molar-refractivity contribution is 0.805. The van der Waals surface area contributed by atoms with Crippen LogP contribution in [0.5, 0.6) is 0 Å². The lowest BCUT2D eigenvalue weighted by Gasteiger charge is -2.29. The highest BCUT2D eigenvalue weighted by Crippen LogP contribution is 2.42. The molecule has 11 rings (SSSR count). The Morgan fingerprint density at radius 1 is 0.304 bits per heavy atom. The van der Waals surface area contributed by atoms with Gasteiger partial charge >= 0.3 is 0 Å². The Kier molecular flexibility index (Phi) is 20.8. The van der Waals surface area contributed by atoms with Gasteiger partial charge in [0.2, 0.25) is 0 Å². The van der Waals surface area contributed by atoms with Gasteiger partial charge in [-0.3, -0.25) is 0 Å². The van der Waals surface area contributed by atoms with Crippen LogP contribution in [0.3, 0.4) is 0 Å². The number of aryl methyl sites for hydroxylation is 6. The summed E-state index contributed by atoms with van der Waals surface area (Å²) in [4.78, 5) is 4.84. The van der Waals surface area contributed by atoms with Crippen LogP contribution in [0.15, 0.2) is 303 Å². The minimum Gasteiger partial charge on any atom is -0.310 e. The molecule has 0 aliphatic carbocycles. The van der Waals surface area contributed by atoms with Crippen molar-refractivity contribution in [1.29, 1.82) is 0 Å². The minimum absolute atomic E-state index is 0.269. The zero-order valence-electron chi connectivity index (χ0n) is 54.6. The fourth-order valence-corrected chi connectivity index (χ4v) is 12.9. The molecule has 0 aliphatic heterocycles. The van der Waals surface area contributed by atoms with Crippen molar-refractivity contribution in [2.75, 3.05) is 9.80 Å². The highest BCUT2D eigenvalue weighted by molar-refractivity contribution is 5.85. The van der Waals surface area contributed by atoms with Gasteiger partial charge in [-0.05, 0) is 192 Å². The molecule has 2 unspecified atom stereocenters. The number of hydrogen-bond donors (Lipinski definition) is 0. The van der Waals surface area contributed by atoms with Crippen LogP contribution in [0, 0.1) is 41.5 Å². The quantitative estimate of drug-likeness (QED) is 0.0493. The van der Waals surface area contributed by atoms with E-state index in [9.17, 15) is 0 Å². The Bertz CT molecular complexity index is 4270. The van der Waals surface area contributed by atoms with Crippen molar-refractivity contribution in [3.8, 4) is 0 Å². The van der Waals surface area contributed by atoms with Gasteiger partial charge in [0.05, 0.1) is 11.4 Å². The van der Waals surface area contributed by atoms with Crippen LogP contribution in [-0.2, 0) is 0 Å². The highest BCUT2D eigenvalue weighted by atomic mass is 15.2. The molecule has 0 radical (unpaired) electrons. The normalized spacial score (nSPS) is 12.2. The number of allylic oxidation sites excluding steroid dienone is 6. The molecule has 11 aromatic carbocycles. The maximum absolute atomic E-state index is 2.42. The predicted molar refractivity (Wildman–Crippen MR) is 399 cm³/mol. The second-order valence-electron chi connectivity index (χ2n) is 24.3. The van der Waals surface area contributed by atoms with E-state index in [-0.39, 0.29) is 11.8 Å². The van der Waals surface area contributed by atoms with Gasteiger partial charge < -0.3 is 9.80 Å². The zero-order chi connectivity index (χ0) is 63.8. The third kappa shape index (κ3) is 15.5. The second kappa shape index (κ2) is 30.3. The van der Waals surface area contributed by atoms with Crippen LogP contribution in [0.2, 0.25) is 0 Å². The Morgan fingerprint density at radius 2 is 0.587 bits per heavy atom. The first-order chi connectivity index (χ1) is 45.0. The Labute approximate surface area is 548 Å². The van der Waals surface area contributed by atoms with Crippen LogP contribution in [0.25, 0.3) is 35.5 Å². The molecule has 0 saturated heterocycles. The Balaban J connectivity index is 0.767. The molecule has 2 heteroatoms. The summed E-state index contributed by atoms with van der Waals surface area (Å²) in [6, 6.07) is 97.0. The van der Waals surface area contributed by atoms with Crippen molar-refractivity contribution in [1.82, 2.24) is 0 Å². The fraction of sp³-hybridized carbons (Fsp3) is 0.133. The number of anilines is 6. The SMILES string of the molecule is CCC(/C=C\C=C(c1ccccc1)c1ccccc1)c1ccc(N(c2ccc(/C=C/c3ccc(/C=C/C(CC)c4ccc(N(c5ccc(/C=C/C=C(c6ccccc6)c6ccccc6)cc5)c5c(C)cc(C)cc5C)cc4)cc3)cc2)c2c(C)cc(C)cc2C)cc1. The summed E-state index contributed by atoms with van der Waals surface area (Å²) < 4.78 is 0. The van der Waals surface area contributed by atoms with Crippen LogP contribution in [0.1, 0.15) is 128 Å². The van der Waals surface area contributed by atoms with Crippen LogP contribution >= 0.6 is 0 Å². The molecular weight excluding hydrogens is 1110 g/mol. The summed E-state index contributed by atoms with van der Waals surface area (Å²) in [7, 11) is 0. The minimum atomic E-state index is 0.269. The van der Waals surface area contributed by atoms with E-state index in [1.165, 1.54) is 94.8 Å². The number of benzene rings is 11. The molecule has 0 aromatic heterocycles. The molecule has 0 N–H and O–H groups in total. The molecule has 0 heterocycles. The summed E-state index contributed by atoms with van der Waals surface area (Å²) in [5.41, 5.74) is 29.0. The number of rotatable bonds is 22.